The lowest BCUT2D eigenvalue weighted by molar-refractivity contribution is -0.142. The second-order valence-electron chi connectivity index (χ2n) is 8.26. The smallest absolute Gasteiger partial charge is 0.322 e. The molecule has 0 saturated carbocycles. The van der Waals surface area contributed by atoms with Crippen molar-refractivity contribution in [1.29, 1.82) is 0 Å². The van der Waals surface area contributed by atoms with Gasteiger partial charge in [-0.25, -0.2) is 4.85 Å². The number of carbonyl (C=O) groups excluding carboxylic acids is 1. The Balaban J connectivity index is 1.61. The monoisotopic (exact) mass is 446 g/mol. The first kappa shape index (κ1) is 22.5. The number of nitrogens with one attached hydrogen (secondary N) is 1. The number of carbonyl (C=O) groups is 1. The molecule has 8 nitrogen and oxygen atoms in total. The molecule has 33 heavy (non-hydrogen) atoms. The number of esters is 1. The standard InChI is InChI=1S/C25H26N4O4/c1-14(2)32-22-12-9-16(13-21(22)26-4)24-28-23(29-33-24)19-8-6-7-18-17(19)10-11-20(18)27-15(3)25(30)31-5/h6-9,12-15,20,27H,10-11H2,1-3,5H3/t15-,20-/m0/s1. The molecule has 8 heteroatoms. The lowest BCUT2D eigenvalue weighted by Gasteiger charge is -2.18. The van der Waals surface area contributed by atoms with Crippen molar-refractivity contribution >= 4 is 11.7 Å². The van der Waals surface area contributed by atoms with Crippen molar-refractivity contribution in [3.8, 4) is 28.6 Å². The predicted molar refractivity (Wildman–Crippen MR) is 123 cm³/mol. The third-order valence-corrected chi connectivity index (χ3v) is 5.63. The SMILES string of the molecule is [C-]#[N+]c1cc(-c2nc(-c3cccc4c3CC[C@@H]4N[C@@H](C)C(=O)OC)no2)ccc1OC(C)C. The highest BCUT2D eigenvalue weighted by Crippen LogP contribution is 2.38. The van der Waals surface area contributed by atoms with Gasteiger partial charge in [-0.15, -0.1) is 0 Å². The number of nitrogens with zero attached hydrogens (tertiary/aromatic N) is 3. The lowest BCUT2D eigenvalue weighted by Crippen LogP contribution is -2.36. The van der Waals surface area contributed by atoms with E-state index < -0.39 is 6.04 Å². The summed E-state index contributed by atoms with van der Waals surface area (Å²) in [5, 5.41) is 7.55. The van der Waals surface area contributed by atoms with Crippen LogP contribution in [0.25, 0.3) is 27.7 Å². The van der Waals surface area contributed by atoms with Crippen LogP contribution in [0.5, 0.6) is 5.75 Å². The van der Waals surface area contributed by atoms with Gasteiger partial charge in [0.2, 0.25) is 11.5 Å². The van der Waals surface area contributed by atoms with Crippen molar-refractivity contribution in [2.45, 2.75) is 51.8 Å². The molecule has 1 N–H and O–H groups in total. The molecular formula is C25H26N4O4. The molecule has 0 fully saturated rings. The van der Waals surface area contributed by atoms with Gasteiger partial charge in [-0.05, 0) is 62.9 Å². The zero-order valence-corrected chi connectivity index (χ0v) is 19.1. The molecule has 1 heterocycles. The summed E-state index contributed by atoms with van der Waals surface area (Å²) in [6, 6.07) is 10.9. The Morgan fingerprint density at radius 2 is 2.09 bits per heavy atom. The van der Waals surface area contributed by atoms with Crippen LogP contribution in [0.2, 0.25) is 0 Å². The van der Waals surface area contributed by atoms with Gasteiger partial charge in [0.1, 0.15) is 11.8 Å². The van der Waals surface area contributed by atoms with E-state index in [2.05, 4.69) is 26.4 Å². The number of hydrogen-bond acceptors (Lipinski definition) is 7. The van der Waals surface area contributed by atoms with Gasteiger partial charge in [-0.2, -0.15) is 4.98 Å². The number of hydrogen-bond donors (Lipinski definition) is 1. The van der Waals surface area contributed by atoms with Gasteiger partial charge in [0.25, 0.3) is 5.89 Å². The van der Waals surface area contributed by atoms with E-state index >= 15 is 0 Å². The Hall–Kier alpha value is -3.70. The van der Waals surface area contributed by atoms with E-state index in [-0.39, 0.29) is 18.1 Å². The number of benzene rings is 2. The average molecular weight is 447 g/mol. The first-order valence-electron chi connectivity index (χ1n) is 10.9. The van der Waals surface area contributed by atoms with Crippen molar-refractivity contribution < 1.29 is 18.8 Å². The molecule has 0 unspecified atom stereocenters. The Kier molecular flexibility index (Phi) is 6.43. The molecule has 3 aromatic rings. The number of methoxy groups -OCH3 is 1. The lowest BCUT2D eigenvalue weighted by atomic mass is 10.0. The zero-order chi connectivity index (χ0) is 23.5. The fraction of sp³-hybridized carbons (Fsp3) is 0.360. The van der Waals surface area contributed by atoms with Crippen LogP contribution in [-0.4, -0.2) is 35.4 Å². The van der Waals surface area contributed by atoms with Crippen molar-refractivity contribution in [3.63, 3.8) is 0 Å². The van der Waals surface area contributed by atoms with Crippen molar-refractivity contribution in [3.05, 3.63) is 58.9 Å². The summed E-state index contributed by atoms with van der Waals surface area (Å²) < 4.78 is 16.1. The van der Waals surface area contributed by atoms with Gasteiger partial charge in [-0.3, -0.25) is 10.1 Å². The third kappa shape index (κ3) is 4.59. The van der Waals surface area contributed by atoms with Crippen LogP contribution in [0.1, 0.15) is 44.4 Å². The van der Waals surface area contributed by atoms with E-state index in [1.165, 1.54) is 7.11 Å². The Morgan fingerprint density at radius 1 is 1.27 bits per heavy atom. The number of fused-ring (bicyclic) bond motifs is 1. The molecule has 0 aliphatic heterocycles. The summed E-state index contributed by atoms with van der Waals surface area (Å²) >= 11 is 0. The van der Waals surface area contributed by atoms with Crippen LogP contribution in [0, 0.1) is 6.57 Å². The second kappa shape index (κ2) is 9.43. The topological polar surface area (TPSA) is 90.8 Å². The summed E-state index contributed by atoms with van der Waals surface area (Å²) in [7, 11) is 1.39. The van der Waals surface area contributed by atoms with E-state index in [1.807, 2.05) is 32.0 Å². The van der Waals surface area contributed by atoms with Crippen molar-refractivity contribution in [1.82, 2.24) is 15.5 Å². The highest BCUT2D eigenvalue weighted by molar-refractivity contribution is 5.75. The van der Waals surface area contributed by atoms with Gasteiger partial charge in [0.15, 0.2) is 0 Å². The molecule has 1 aromatic heterocycles. The molecule has 0 bridgehead atoms. The van der Waals surface area contributed by atoms with Crippen LogP contribution in [0.4, 0.5) is 5.69 Å². The van der Waals surface area contributed by atoms with E-state index in [0.29, 0.717) is 28.7 Å². The molecule has 0 radical (unpaired) electrons. The molecule has 0 amide bonds. The van der Waals surface area contributed by atoms with Crippen LogP contribution >= 0.6 is 0 Å². The molecule has 2 aromatic carbocycles. The van der Waals surface area contributed by atoms with Gasteiger partial charge in [0.05, 0.1) is 19.8 Å². The molecule has 2 atom stereocenters. The quantitative estimate of drug-likeness (QED) is 0.408. The molecular weight excluding hydrogens is 420 g/mol. The molecule has 1 aliphatic rings. The zero-order valence-electron chi connectivity index (χ0n) is 19.1. The van der Waals surface area contributed by atoms with Crippen LogP contribution in [0.3, 0.4) is 0 Å². The molecule has 4 rings (SSSR count). The van der Waals surface area contributed by atoms with E-state index in [9.17, 15) is 4.79 Å². The Morgan fingerprint density at radius 3 is 2.82 bits per heavy atom. The molecule has 0 spiro atoms. The number of rotatable bonds is 7. The summed E-state index contributed by atoms with van der Waals surface area (Å²) in [6.45, 7) is 13.1. The summed E-state index contributed by atoms with van der Waals surface area (Å²) in [5.41, 5.74) is 4.23. The number of aromatic nitrogens is 2. The summed E-state index contributed by atoms with van der Waals surface area (Å²) in [6.07, 6.45) is 1.68. The predicted octanol–water partition coefficient (Wildman–Crippen LogP) is 4.88. The first-order chi connectivity index (χ1) is 15.9. The molecule has 1 aliphatic carbocycles. The maximum absolute atomic E-state index is 11.8. The fourth-order valence-electron chi connectivity index (χ4n) is 4.13. The molecule has 0 saturated heterocycles. The van der Waals surface area contributed by atoms with E-state index in [1.54, 1.807) is 19.1 Å². The second-order valence-corrected chi connectivity index (χ2v) is 8.26. The third-order valence-electron chi connectivity index (χ3n) is 5.63. The maximum atomic E-state index is 11.8. The Bertz CT molecular complexity index is 1210. The average Bonchev–Trinajstić information content (AvgIpc) is 3.46. The van der Waals surface area contributed by atoms with E-state index in [4.69, 9.17) is 20.6 Å². The van der Waals surface area contributed by atoms with Crippen molar-refractivity contribution in [2.24, 2.45) is 0 Å². The van der Waals surface area contributed by atoms with Gasteiger partial charge in [-0.1, -0.05) is 23.4 Å². The van der Waals surface area contributed by atoms with Gasteiger partial charge >= 0.3 is 5.97 Å². The normalized spacial score (nSPS) is 15.7. The van der Waals surface area contributed by atoms with Crippen LogP contribution in [-0.2, 0) is 16.0 Å². The van der Waals surface area contributed by atoms with Crippen molar-refractivity contribution in [2.75, 3.05) is 7.11 Å². The van der Waals surface area contributed by atoms with Gasteiger partial charge < -0.3 is 14.0 Å². The summed E-state index contributed by atoms with van der Waals surface area (Å²) in [4.78, 5) is 20.0. The summed E-state index contributed by atoms with van der Waals surface area (Å²) in [5.74, 6) is 1.08. The van der Waals surface area contributed by atoms with Crippen LogP contribution in [0.15, 0.2) is 40.9 Å². The molecule has 170 valence electrons. The minimum absolute atomic E-state index is 0.0274. The first-order valence-corrected chi connectivity index (χ1v) is 10.9. The Labute approximate surface area is 192 Å². The fourth-order valence-corrected chi connectivity index (χ4v) is 4.13. The maximum Gasteiger partial charge on any atom is 0.322 e. The van der Waals surface area contributed by atoms with E-state index in [0.717, 1.165) is 29.5 Å². The largest absolute Gasteiger partial charge is 0.502 e. The van der Waals surface area contributed by atoms with Gasteiger partial charge in [0, 0.05) is 17.2 Å². The number of ether oxygens (including phenoxy) is 2. The minimum Gasteiger partial charge on any atom is -0.502 e. The highest BCUT2D eigenvalue weighted by atomic mass is 16.5. The highest BCUT2D eigenvalue weighted by Gasteiger charge is 2.29. The minimum atomic E-state index is -0.398. The van der Waals surface area contributed by atoms with Crippen LogP contribution < -0.4 is 10.1 Å².